The van der Waals surface area contributed by atoms with Crippen LogP contribution in [0.1, 0.15) is 11.4 Å². The van der Waals surface area contributed by atoms with Crippen LogP contribution in [-0.2, 0) is 0 Å². The second-order valence-electron chi connectivity index (χ2n) is 2.64. The quantitative estimate of drug-likeness (QED) is 0.306. The Bertz CT molecular complexity index is 470. The molecule has 0 saturated carbocycles. The fourth-order valence-electron chi connectivity index (χ4n) is 1.13. The summed E-state index contributed by atoms with van der Waals surface area (Å²) in [5.74, 6) is 0.101. The van der Waals surface area contributed by atoms with Crippen LogP contribution in [0.4, 0.5) is 0 Å². The molecule has 0 radical (unpaired) electrons. The monoisotopic (exact) mass is 196 g/mol. The number of hydrogen-bond donors (Lipinski definition) is 2. The minimum absolute atomic E-state index is 0.101. The Morgan fingerprint density at radius 2 is 2.54 bits per heavy atom. The lowest BCUT2D eigenvalue weighted by Crippen LogP contribution is -2.14. The Hall–Kier alpha value is -1.56. The van der Waals surface area contributed by atoms with E-state index in [-0.39, 0.29) is 5.84 Å². The molecule has 0 unspecified atom stereocenters. The highest BCUT2D eigenvalue weighted by atomic mass is 32.1. The molecule has 0 spiro atoms. The first kappa shape index (κ1) is 8.06. The summed E-state index contributed by atoms with van der Waals surface area (Å²) in [7, 11) is 0. The van der Waals surface area contributed by atoms with Gasteiger partial charge >= 0.3 is 0 Å². The van der Waals surface area contributed by atoms with E-state index in [4.69, 9.17) is 10.9 Å². The SMILES string of the molecule is Cc1cn2c(/C(N)=N\O)csc2n1. The van der Waals surface area contributed by atoms with Gasteiger partial charge in [-0.2, -0.15) is 0 Å². The summed E-state index contributed by atoms with van der Waals surface area (Å²) in [6.07, 6.45) is 1.85. The predicted molar refractivity (Wildman–Crippen MR) is 50.3 cm³/mol. The highest BCUT2D eigenvalue weighted by molar-refractivity contribution is 7.15. The third-order valence-electron chi connectivity index (χ3n) is 1.70. The highest BCUT2D eigenvalue weighted by Gasteiger charge is 2.08. The Labute approximate surface area is 78.1 Å². The number of imidazole rings is 1. The molecule has 68 valence electrons. The Balaban J connectivity index is 2.69. The van der Waals surface area contributed by atoms with Gasteiger partial charge in [0, 0.05) is 11.6 Å². The summed E-state index contributed by atoms with van der Waals surface area (Å²) in [6, 6.07) is 0. The summed E-state index contributed by atoms with van der Waals surface area (Å²) in [5.41, 5.74) is 7.06. The predicted octanol–water partition coefficient (Wildman–Crippen LogP) is 0.799. The Morgan fingerprint density at radius 3 is 3.23 bits per heavy atom. The van der Waals surface area contributed by atoms with Crippen LogP contribution in [0.5, 0.6) is 0 Å². The second-order valence-corrected chi connectivity index (χ2v) is 3.48. The molecule has 0 aliphatic carbocycles. The molecule has 13 heavy (non-hydrogen) atoms. The summed E-state index contributed by atoms with van der Waals surface area (Å²) in [6.45, 7) is 1.90. The zero-order valence-corrected chi connectivity index (χ0v) is 7.75. The minimum atomic E-state index is 0.101. The molecule has 0 saturated heterocycles. The lowest BCUT2D eigenvalue weighted by atomic mass is 10.4. The number of amidine groups is 1. The standard InChI is InChI=1S/C7H8N4OS/c1-4-2-11-5(6(8)10-12)3-13-7(11)9-4/h2-3,12H,1H3,(H2,8,10). The molecule has 2 aromatic heterocycles. The van der Waals surface area contributed by atoms with Crippen LogP contribution in [0.25, 0.3) is 4.96 Å². The van der Waals surface area contributed by atoms with Gasteiger partial charge in [-0.25, -0.2) is 4.98 Å². The molecule has 0 aromatic carbocycles. The van der Waals surface area contributed by atoms with Crippen LogP contribution in [-0.4, -0.2) is 20.4 Å². The van der Waals surface area contributed by atoms with Gasteiger partial charge < -0.3 is 10.9 Å². The molecule has 3 N–H and O–H groups in total. The maximum Gasteiger partial charge on any atom is 0.194 e. The summed E-state index contributed by atoms with van der Waals surface area (Å²) in [4.78, 5) is 5.09. The lowest BCUT2D eigenvalue weighted by molar-refractivity contribution is 0.318. The molecule has 0 aliphatic rings. The molecule has 0 fully saturated rings. The Morgan fingerprint density at radius 1 is 1.77 bits per heavy atom. The number of hydrogen-bond acceptors (Lipinski definition) is 4. The van der Waals surface area contributed by atoms with Crippen molar-refractivity contribution < 1.29 is 5.21 Å². The fourth-order valence-corrected chi connectivity index (χ4v) is 2.04. The molecule has 0 amide bonds. The number of fused-ring (bicyclic) bond motifs is 1. The Kier molecular flexibility index (Phi) is 1.70. The summed E-state index contributed by atoms with van der Waals surface area (Å²) < 4.78 is 1.80. The average Bonchev–Trinajstić information content (AvgIpc) is 2.61. The summed E-state index contributed by atoms with van der Waals surface area (Å²) >= 11 is 1.46. The molecule has 5 nitrogen and oxygen atoms in total. The number of rotatable bonds is 1. The van der Waals surface area contributed by atoms with Crippen LogP contribution in [0.15, 0.2) is 16.7 Å². The van der Waals surface area contributed by atoms with Crippen LogP contribution in [0.3, 0.4) is 0 Å². The number of oxime groups is 1. The van der Waals surface area contributed by atoms with E-state index in [1.807, 2.05) is 13.1 Å². The first-order valence-electron chi connectivity index (χ1n) is 3.63. The van der Waals surface area contributed by atoms with Crippen molar-refractivity contribution in [1.29, 1.82) is 0 Å². The van der Waals surface area contributed by atoms with Crippen molar-refractivity contribution >= 4 is 22.1 Å². The molecule has 0 aliphatic heterocycles. The van der Waals surface area contributed by atoms with E-state index in [0.29, 0.717) is 5.69 Å². The lowest BCUT2D eigenvalue weighted by Gasteiger charge is -1.93. The third kappa shape index (κ3) is 1.15. The van der Waals surface area contributed by atoms with Gasteiger partial charge in [0.25, 0.3) is 0 Å². The number of nitrogens with two attached hydrogens (primary N) is 1. The molecule has 2 aromatic rings. The highest BCUT2D eigenvalue weighted by Crippen LogP contribution is 2.15. The molecular formula is C7H8N4OS. The van der Waals surface area contributed by atoms with Gasteiger partial charge in [0.15, 0.2) is 10.8 Å². The van der Waals surface area contributed by atoms with Gasteiger partial charge in [0.05, 0.1) is 5.69 Å². The van der Waals surface area contributed by atoms with E-state index in [9.17, 15) is 0 Å². The molecule has 2 heterocycles. The van der Waals surface area contributed by atoms with E-state index < -0.39 is 0 Å². The van der Waals surface area contributed by atoms with Crippen molar-refractivity contribution in [1.82, 2.24) is 9.38 Å². The number of aryl methyl sites for hydroxylation is 1. The van der Waals surface area contributed by atoms with Gasteiger partial charge in [0.1, 0.15) is 5.69 Å². The van der Waals surface area contributed by atoms with Gasteiger partial charge in [-0.1, -0.05) is 5.16 Å². The van der Waals surface area contributed by atoms with E-state index in [2.05, 4.69) is 10.1 Å². The zero-order chi connectivity index (χ0) is 9.42. The number of thiazole rings is 1. The van der Waals surface area contributed by atoms with E-state index in [1.165, 1.54) is 11.3 Å². The van der Waals surface area contributed by atoms with Crippen LogP contribution >= 0.6 is 11.3 Å². The van der Waals surface area contributed by atoms with Crippen LogP contribution in [0.2, 0.25) is 0 Å². The molecule has 0 bridgehead atoms. The van der Waals surface area contributed by atoms with E-state index in [1.54, 1.807) is 9.78 Å². The molecule has 6 heteroatoms. The summed E-state index contributed by atoms with van der Waals surface area (Å²) in [5, 5.41) is 13.3. The van der Waals surface area contributed by atoms with Crippen LogP contribution < -0.4 is 5.73 Å². The maximum absolute atomic E-state index is 8.51. The van der Waals surface area contributed by atoms with Gasteiger partial charge in [-0.15, -0.1) is 11.3 Å². The van der Waals surface area contributed by atoms with Gasteiger partial charge in [-0.05, 0) is 6.92 Å². The largest absolute Gasteiger partial charge is 0.409 e. The molecule has 2 rings (SSSR count). The second kappa shape index (κ2) is 2.74. The van der Waals surface area contributed by atoms with Crippen molar-refractivity contribution in [3.63, 3.8) is 0 Å². The van der Waals surface area contributed by atoms with Crippen molar-refractivity contribution in [3.05, 3.63) is 23.0 Å². The van der Waals surface area contributed by atoms with Crippen molar-refractivity contribution in [2.45, 2.75) is 6.92 Å². The molecular weight excluding hydrogens is 188 g/mol. The smallest absolute Gasteiger partial charge is 0.194 e. The third-order valence-corrected chi connectivity index (χ3v) is 2.54. The minimum Gasteiger partial charge on any atom is -0.409 e. The normalized spacial score (nSPS) is 12.5. The first-order valence-corrected chi connectivity index (χ1v) is 4.51. The maximum atomic E-state index is 8.51. The van der Waals surface area contributed by atoms with Crippen molar-refractivity contribution in [2.24, 2.45) is 10.9 Å². The average molecular weight is 196 g/mol. The van der Waals surface area contributed by atoms with Gasteiger partial charge in [-0.3, -0.25) is 4.40 Å². The topological polar surface area (TPSA) is 75.9 Å². The molecule has 0 atom stereocenters. The number of aromatic nitrogens is 2. The van der Waals surface area contributed by atoms with E-state index >= 15 is 0 Å². The zero-order valence-electron chi connectivity index (χ0n) is 6.93. The van der Waals surface area contributed by atoms with Crippen molar-refractivity contribution in [3.8, 4) is 0 Å². The van der Waals surface area contributed by atoms with Crippen molar-refractivity contribution in [2.75, 3.05) is 0 Å². The first-order chi connectivity index (χ1) is 6.22. The van der Waals surface area contributed by atoms with Crippen LogP contribution in [0, 0.1) is 6.92 Å². The number of nitrogens with zero attached hydrogens (tertiary/aromatic N) is 3. The van der Waals surface area contributed by atoms with E-state index in [0.717, 1.165) is 10.7 Å². The van der Waals surface area contributed by atoms with Gasteiger partial charge in [0.2, 0.25) is 0 Å². The fraction of sp³-hybridized carbons (Fsp3) is 0.143.